The molecular weight excluding hydrogens is 190 g/mol. The van der Waals surface area contributed by atoms with Gasteiger partial charge in [-0.25, -0.2) is 0 Å². The first-order valence-corrected chi connectivity index (χ1v) is 5.09. The highest BCUT2D eigenvalue weighted by Crippen LogP contribution is 2.30. The standard InChI is InChI=1S/C8H7NOS2/c1-2-7-3-6(4-10)8(12-7)11-5-9/h3-4H,2H2,1H3. The van der Waals surface area contributed by atoms with E-state index in [9.17, 15) is 4.79 Å². The predicted octanol–water partition coefficient (Wildman–Crippen LogP) is 2.70. The molecule has 0 radical (unpaired) electrons. The number of hydrogen-bond acceptors (Lipinski definition) is 4. The smallest absolute Gasteiger partial charge is 0.152 e. The highest BCUT2D eigenvalue weighted by Gasteiger charge is 2.07. The lowest BCUT2D eigenvalue weighted by Gasteiger charge is -1.84. The maximum Gasteiger partial charge on any atom is 0.152 e. The maximum absolute atomic E-state index is 10.5. The lowest BCUT2D eigenvalue weighted by Crippen LogP contribution is -1.74. The van der Waals surface area contributed by atoms with Crippen molar-refractivity contribution in [2.75, 3.05) is 0 Å². The van der Waals surface area contributed by atoms with Crippen molar-refractivity contribution in [1.82, 2.24) is 0 Å². The van der Waals surface area contributed by atoms with Crippen LogP contribution in [0.3, 0.4) is 0 Å². The van der Waals surface area contributed by atoms with Gasteiger partial charge in [-0.3, -0.25) is 4.79 Å². The van der Waals surface area contributed by atoms with Gasteiger partial charge in [-0.15, -0.1) is 11.3 Å². The van der Waals surface area contributed by atoms with Crippen LogP contribution in [0, 0.1) is 10.7 Å². The molecule has 0 aromatic carbocycles. The summed E-state index contributed by atoms with van der Waals surface area (Å²) in [4.78, 5) is 11.7. The fourth-order valence-corrected chi connectivity index (χ4v) is 2.52. The molecule has 1 aromatic rings. The van der Waals surface area contributed by atoms with Crippen LogP contribution in [-0.2, 0) is 6.42 Å². The van der Waals surface area contributed by atoms with Crippen LogP contribution in [-0.4, -0.2) is 6.29 Å². The Balaban J connectivity index is 3.01. The van der Waals surface area contributed by atoms with E-state index in [1.807, 2.05) is 18.4 Å². The Bertz CT molecular complexity index is 324. The highest BCUT2D eigenvalue weighted by atomic mass is 32.2. The Kier molecular flexibility index (Phi) is 3.32. The second-order valence-corrected chi connectivity index (χ2v) is 4.31. The zero-order chi connectivity index (χ0) is 8.97. The molecule has 1 aromatic heterocycles. The lowest BCUT2D eigenvalue weighted by molar-refractivity contribution is 0.112. The van der Waals surface area contributed by atoms with Gasteiger partial charge in [0.25, 0.3) is 0 Å². The molecule has 12 heavy (non-hydrogen) atoms. The number of hydrogen-bond donors (Lipinski definition) is 0. The van der Waals surface area contributed by atoms with Crippen LogP contribution in [0.5, 0.6) is 0 Å². The van der Waals surface area contributed by atoms with Crippen molar-refractivity contribution in [1.29, 1.82) is 5.26 Å². The number of carbonyl (C=O) groups is 1. The van der Waals surface area contributed by atoms with E-state index in [2.05, 4.69) is 0 Å². The first-order chi connectivity index (χ1) is 5.81. The summed E-state index contributed by atoms with van der Waals surface area (Å²) in [5, 5.41) is 10.4. The van der Waals surface area contributed by atoms with Crippen molar-refractivity contribution >= 4 is 29.4 Å². The zero-order valence-electron chi connectivity index (χ0n) is 6.53. The van der Waals surface area contributed by atoms with Gasteiger partial charge in [-0.1, -0.05) is 6.92 Å². The third-order valence-electron chi connectivity index (χ3n) is 1.39. The number of carbonyl (C=O) groups excluding carboxylic acids is 1. The van der Waals surface area contributed by atoms with Crippen molar-refractivity contribution in [2.24, 2.45) is 0 Å². The Labute approximate surface area is 79.2 Å². The van der Waals surface area contributed by atoms with Crippen molar-refractivity contribution in [3.8, 4) is 5.40 Å². The average molecular weight is 197 g/mol. The molecule has 0 aliphatic carbocycles. The monoisotopic (exact) mass is 197 g/mol. The SMILES string of the molecule is CCc1cc(C=O)c(SC#N)s1. The van der Waals surface area contributed by atoms with E-state index < -0.39 is 0 Å². The van der Waals surface area contributed by atoms with E-state index in [-0.39, 0.29) is 0 Å². The quantitative estimate of drug-likeness (QED) is 0.425. The number of nitrogens with zero attached hydrogens (tertiary/aromatic N) is 1. The molecule has 4 heteroatoms. The van der Waals surface area contributed by atoms with E-state index in [1.165, 1.54) is 11.3 Å². The largest absolute Gasteiger partial charge is 0.298 e. The first kappa shape index (κ1) is 9.30. The molecule has 0 saturated carbocycles. The summed E-state index contributed by atoms with van der Waals surface area (Å²) in [5.41, 5.74) is 0.642. The van der Waals surface area contributed by atoms with E-state index in [4.69, 9.17) is 5.26 Å². The third-order valence-corrected chi connectivity index (χ3v) is 3.49. The fourth-order valence-electron chi connectivity index (χ4n) is 0.817. The minimum atomic E-state index is 0.642. The topological polar surface area (TPSA) is 40.9 Å². The number of thiophene rings is 1. The zero-order valence-corrected chi connectivity index (χ0v) is 8.17. The Morgan fingerprint density at radius 3 is 3.08 bits per heavy atom. The van der Waals surface area contributed by atoms with Crippen molar-refractivity contribution < 1.29 is 4.79 Å². The maximum atomic E-state index is 10.5. The molecule has 62 valence electrons. The summed E-state index contributed by atoms with van der Waals surface area (Å²) >= 11 is 2.57. The van der Waals surface area contributed by atoms with Crippen LogP contribution in [0.2, 0.25) is 0 Å². The second-order valence-electron chi connectivity index (χ2n) is 2.12. The molecule has 0 fully saturated rings. The normalized spacial score (nSPS) is 9.33. The van der Waals surface area contributed by atoms with Gasteiger partial charge in [0.15, 0.2) is 6.29 Å². The molecule has 0 spiro atoms. The molecule has 0 bridgehead atoms. The number of aryl methyl sites for hydroxylation is 1. The molecule has 0 amide bonds. The van der Waals surface area contributed by atoms with Gasteiger partial charge in [0.2, 0.25) is 0 Å². The summed E-state index contributed by atoms with van der Waals surface area (Å²) in [5.74, 6) is 0. The van der Waals surface area contributed by atoms with Gasteiger partial charge in [0, 0.05) is 22.2 Å². The summed E-state index contributed by atoms with van der Waals surface area (Å²) in [6.07, 6.45) is 1.72. The van der Waals surface area contributed by atoms with Gasteiger partial charge in [0.05, 0.1) is 4.21 Å². The molecular formula is C8H7NOS2. The van der Waals surface area contributed by atoms with Crippen LogP contribution >= 0.6 is 23.1 Å². The van der Waals surface area contributed by atoms with Crippen LogP contribution in [0.1, 0.15) is 22.2 Å². The highest BCUT2D eigenvalue weighted by molar-refractivity contribution is 8.05. The molecule has 0 unspecified atom stereocenters. The van der Waals surface area contributed by atoms with E-state index in [0.717, 1.165) is 33.6 Å². The molecule has 0 N–H and O–H groups in total. The Morgan fingerprint density at radius 2 is 2.58 bits per heavy atom. The molecule has 1 heterocycles. The van der Waals surface area contributed by atoms with Gasteiger partial charge < -0.3 is 0 Å². The van der Waals surface area contributed by atoms with Crippen LogP contribution in [0.15, 0.2) is 10.3 Å². The molecule has 0 atom stereocenters. The number of rotatable bonds is 3. The average Bonchev–Trinajstić information content (AvgIpc) is 2.48. The first-order valence-electron chi connectivity index (χ1n) is 3.45. The number of thioether (sulfide) groups is 1. The van der Waals surface area contributed by atoms with Gasteiger partial charge >= 0.3 is 0 Å². The molecule has 0 aliphatic heterocycles. The Hall–Kier alpha value is -0.790. The molecule has 2 nitrogen and oxygen atoms in total. The second kappa shape index (κ2) is 4.29. The fraction of sp³-hybridized carbons (Fsp3) is 0.250. The summed E-state index contributed by atoms with van der Waals surface area (Å²) < 4.78 is 0.810. The van der Waals surface area contributed by atoms with Gasteiger partial charge in [0.1, 0.15) is 5.40 Å². The molecule has 0 aliphatic rings. The van der Waals surface area contributed by atoms with Crippen molar-refractivity contribution in [2.45, 2.75) is 17.6 Å². The number of nitriles is 1. The van der Waals surface area contributed by atoms with Crippen LogP contribution < -0.4 is 0 Å². The minimum Gasteiger partial charge on any atom is -0.298 e. The Morgan fingerprint density at radius 1 is 1.83 bits per heavy atom. The molecule has 0 saturated heterocycles. The van der Waals surface area contributed by atoms with E-state index in [0.29, 0.717) is 5.56 Å². The van der Waals surface area contributed by atoms with Gasteiger partial charge in [-0.2, -0.15) is 5.26 Å². The van der Waals surface area contributed by atoms with Crippen LogP contribution in [0.25, 0.3) is 0 Å². The number of aldehydes is 1. The predicted molar refractivity (Wildman–Crippen MR) is 50.6 cm³/mol. The van der Waals surface area contributed by atoms with Gasteiger partial charge in [-0.05, 0) is 12.5 Å². The third kappa shape index (κ3) is 1.87. The van der Waals surface area contributed by atoms with Crippen molar-refractivity contribution in [3.63, 3.8) is 0 Å². The van der Waals surface area contributed by atoms with Crippen molar-refractivity contribution in [3.05, 3.63) is 16.5 Å². The summed E-state index contributed by atoms with van der Waals surface area (Å²) in [6, 6.07) is 1.84. The number of thiocyanates is 1. The summed E-state index contributed by atoms with van der Waals surface area (Å²) in [6.45, 7) is 2.03. The van der Waals surface area contributed by atoms with E-state index >= 15 is 0 Å². The lowest BCUT2D eigenvalue weighted by atomic mass is 10.3. The van der Waals surface area contributed by atoms with Crippen LogP contribution in [0.4, 0.5) is 0 Å². The van der Waals surface area contributed by atoms with E-state index in [1.54, 1.807) is 0 Å². The molecule has 1 rings (SSSR count). The minimum absolute atomic E-state index is 0.642. The summed E-state index contributed by atoms with van der Waals surface area (Å²) in [7, 11) is 0.